The number of nitro groups is 1. The second-order valence-corrected chi connectivity index (χ2v) is 2.49. The van der Waals surface area contributed by atoms with Crippen LogP contribution in [0.3, 0.4) is 0 Å². The Labute approximate surface area is 79.0 Å². The van der Waals surface area contributed by atoms with E-state index in [4.69, 9.17) is 11.6 Å². The van der Waals surface area contributed by atoms with Crippen LogP contribution in [0.5, 0.6) is 0 Å². The molecule has 7 nitrogen and oxygen atoms in total. The number of carbonyl (C=O) groups excluding carboxylic acids is 1. The van der Waals surface area contributed by atoms with Crippen molar-refractivity contribution in [2.45, 2.75) is 0 Å². The second-order valence-electron chi connectivity index (χ2n) is 2.49. The molecule has 0 saturated carbocycles. The number of nitro benzene ring substituents is 1. The zero-order chi connectivity index (χ0) is 10.7. The van der Waals surface area contributed by atoms with Crippen LogP contribution in [0.25, 0.3) is 0 Å². The summed E-state index contributed by atoms with van der Waals surface area (Å²) in [5.41, 5.74) is 4.91. The van der Waals surface area contributed by atoms with Gasteiger partial charge in [-0.25, -0.2) is 15.6 Å². The Morgan fingerprint density at radius 1 is 1.50 bits per heavy atom. The SMILES string of the molecule is NC(=O)N(N)c1cccc([N+](=O)[O-])c1. The highest BCUT2D eigenvalue weighted by Crippen LogP contribution is 2.18. The van der Waals surface area contributed by atoms with Gasteiger partial charge in [0.15, 0.2) is 0 Å². The number of amides is 2. The van der Waals surface area contributed by atoms with Crippen molar-refractivity contribution in [2.75, 3.05) is 5.01 Å². The molecule has 0 fully saturated rings. The highest BCUT2D eigenvalue weighted by atomic mass is 16.6. The van der Waals surface area contributed by atoms with Crippen molar-refractivity contribution >= 4 is 17.4 Å². The lowest BCUT2D eigenvalue weighted by atomic mass is 10.3. The number of primary amides is 1. The van der Waals surface area contributed by atoms with Gasteiger partial charge in [-0.05, 0) is 6.07 Å². The zero-order valence-corrected chi connectivity index (χ0v) is 7.08. The van der Waals surface area contributed by atoms with Crippen LogP contribution in [0.1, 0.15) is 0 Å². The Balaban J connectivity index is 3.05. The number of nitrogens with zero attached hydrogens (tertiary/aromatic N) is 2. The Kier molecular flexibility index (Phi) is 2.63. The van der Waals surface area contributed by atoms with Crippen LogP contribution in [0.15, 0.2) is 24.3 Å². The maximum Gasteiger partial charge on any atom is 0.333 e. The zero-order valence-electron chi connectivity index (χ0n) is 7.08. The van der Waals surface area contributed by atoms with E-state index in [2.05, 4.69) is 0 Å². The molecule has 14 heavy (non-hydrogen) atoms. The standard InChI is InChI=1S/C7H8N4O3/c8-7(12)10(9)5-2-1-3-6(4-5)11(13)14/h1-4H,9H2,(H2,8,12). The van der Waals surface area contributed by atoms with E-state index in [1.165, 1.54) is 18.2 Å². The van der Waals surface area contributed by atoms with Crippen LogP contribution >= 0.6 is 0 Å². The van der Waals surface area contributed by atoms with Crippen molar-refractivity contribution in [3.05, 3.63) is 34.4 Å². The van der Waals surface area contributed by atoms with Gasteiger partial charge in [0.25, 0.3) is 5.69 Å². The molecule has 7 heteroatoms. The molecule has 0 aliphatic carbocycles. The molecular weight excluding hydrogens is 188 g/mol. The Bertz CT molecular complexity index is 379. The van der Waals surface area contributed by atoms with Crippen molar-refractivity contribution < 1.29 is 9.72 Å². The Morgan fingerprint density at radius 2 is 2.14 bits per heavy atom. The molecule has 0 bridgehead atoms. The van der Waals surface area contributed by atoms with Crippen LogP contribution in [0.4, 0.5) is 16.2 Å². The normalized spacial score (nSPS) is 9.50. The summed E-state index contributed by atoms with van der Waals surface area (Å²) in [7, 11) is 0. The molecule has 2 amide bonds. The Hall–Kier alpha value is -2.15. The molecule has 0 saturated heterocycles. The first-order valence-electron chi connectivity index (χ1n) is 3.61. The molecule has 0 aromatic heterocycles. The summed E-state index contributed by atoms with van der Waals surface area (Å²) in [5, 5.41) is 11.0. The number of carbonyl (C=O) groups is 1. The quantitative estimate of drug-likeness (QED) is 0.307. The summed E-state index contributed by atoms with van der Waals surface area (Å²) in [6, 6.07) is 4.42. The lowest BCUT2D eigenvalue weighted by Crippen LogP contribution is -2.41. The van der Waals surface area contributed by atoms with Gasteiger partial charge in [0.1, 0.15) is 0 Å². The number of hydrogen-bond acceptors (Lipinski definition) is 4. The van der Waals surface area contributed by atoms with Crippen molar-refractivity contribution in [3.63, 3.8) is 0 Å². The molecule has 4 N–H and O–H groups in total. The number of benzene rings is 1. The lowest BCUT2D eigenvalue weighted by Gasteiger charge is -2.12. The van der Waals surface area contributed by atoms with Gasteiger partial charge in [0.2, 0.25) is 0 Å². The number of hydrazine groups is 1. The summed E-state index contributed by atoms with van der Waals surface area (Å²) in [6.07, 6.45) is 0. The molecule has 74 valence electrons. The monoisotopic (exact) mass is 196 g/mol. The van der Waals surface area contributed by atoms with Gasteiger partial charge in [-0.1, -0.05) is 6.07 Å². The molecule has 0 radical (unpaired) electrons. The molecule has 0 atom stereocenters. The van der Waals surface area contributed by atoms with Gasteiger partial charge in [-0.2, -0.15) is 0 Å². The van der Waals surface area contributed by atoms with E-state index in [0.717, 1.165) is 6.07 Å². The second kappa shape index (κ2) is 3.71. The third-order valence-corrected chi connectivity index (χ3v) is 1.56. The molecule has 0 aliphatic rings. The maximum atomic E-state index is 10.6. The van der Waals surface area contributed by atoms with Gasteiger partial charge < -0.3 is 5.73 Å². The fraction of sp³-hybridized carbons (Fsp3) is 0. The van der Waals surface area contributed by atoms with Crippen LogP contribution < -0.4 is 16.6 Å². The predicted octanol–water partition coefficient (Wildman–Crippen LogP) is 0.354. The highest BCUT2D eigenvalue weighted by Gasteiger charge is 2.11. The van der Waals surface area contributed by atoms with Gasteiger partial charge >= 0.3 is 6.03 Å². The molecule has 0 heterocycles. The minimum atomic E-state index is -0.884. The molecule has 0 aliphatic heterocycles. The van der Waals surface area contributed by atoms with E-state index >= 15 is 0 Å². The van der Waals surface area contributed by atoms with Crippen molar-refractivity contribution in [3.8, 4) is 0 Å². The van der Waals surface area contributed by atoms with Gasteiger partial charge in [0.05, 0.1) is 10.6 Å². The number of hydrogen-bond donors (Lipinski definition) is 2. The number of nitrogens with two attached hydrogens (primary N) is 2. The van der Waals surface area contributed by atoms with E-state index in [0.29, 0.717) is 5.01 Å². The molecule has 1 aromatic carbocycles. The fourth-order valence-electron chi connectivity index (χ4n) is 0.884. The average Bonchev–Trinajstić information content (AvgIpc) is 2.16. The molecule has 0 unspecified atom stereocenters. The van der Waals surface area contributed by atoms with E-state index < -0.39 is 11.0 Å². The van der Waals surface area contributed by atoms with Crippen molar-refractivity contribution in [1.29, 1.82) is 0 Å². The molecule has 1 rings (SSSR count). The van der Waals surface area contributed by atoms with Crippen LogP contribution in [-0.4, -0.2) is 11.0 Å². The molecule has 1 aromatic rings. The van der Waals surface area contributed by atoms with Crippen LogP contribution in [0, 0.1) is 10.1 Å². The fourth-order valence-corrected chi connectivity index (χ4v) is 0.884. The topological polar surface area (TPSA) is 115 Å². The number of urea groups is 1. The lowest BCUT2D eigenvalue weighted by molar-refractivity contribution is -0.384. The minimum absolute atomic E-state index is 0.154. The van der Waals surface area contributed by atoms with E-state index in [9.17, 15) is 14.9 Å². The highest BCUT2D eigenvalue weighted by molar-refractivity contribution is 5.89. The minimum Gasteiger partial charge on any atom is -0.350 e. The largest absolute Gasteiger partial charge is 0.350 e. The first kappa shape index (κ1) is 9.93. The average molecular weight is 196 g/mol. The number of anilines is 1. The predicted molar refractivity (Wildman–Crippen MR) is 49.3 cm³/mol. The number of rotatable bonds is 2. The van der Waals surface area contributed by atoms with Crippen LogP contribution in [-0.2, 0) is 0 Å². The van der Waals surface area contributed by atoms with E-state index in [1.807, 2.05) is 0 Å². The van der Waals surface area contributed by atoms with Gasteiger partial charge in [0, 0.05) is 12.1 Å². The van der Waals surface area contributed by atoms with Crippen molar-refractivity contribution in [1.82, 2.24) is 0 Å². The summed E-state index contributed by atoms with van der Waals surface area (Å²) < 4.78 is 0. The summed E-state index contributed by atoms with van der Waals surface area (Å²) in [6.45, 7) is 0. The summed E-state index contributed by atoms with van der Waals surface area (Å²) in [5.74, 6) is 5.24. The number of non-ortho nitro benzene ring substituents is 1. The third kappa shape index (κ3) is 1.96. The maximum absolute atomic E-state index is 10.6. The third-order valence-electron chi connectivity index (χ3n) is 1.56. The van der Waals surface area contributed by atoms with Crippen LogP contribution in [0.2, 0.25) is 0 Å². The van der Waals surface area contributed by atoms with Gasteiger partial charge in [-0.15, -0.1) is 0 Å². The summed E-state index contributed by atoms with van der Waals surface area (Å²) in [4.78, 5) is 20.4. The van der Waals surface area contributed by atoms with Crippen molar-refractivity contribution in [2.24, 2.45) is 11.6 Å². The Morgan fingerprint density at radius 3 is 2.64 bits per heavy atom. The van der Waals surface area contributed by atoms with E-state index in [1.54, 1.807) is 0 Å². The summed E-state index contributed by atoms with van der Waals surface area (Å²) >= 11 is 0. The molecular formula is C7H8N4O3. The first-order valence-corrected chi connectivity index (χ1v) is 3.61. The first-order chi connectivity index (χ1) is 6.52. The van der Waals surface area contributed by atoms with Gasteiger partial charge in [-0.3, -0.25) is 10.1 Å². The van der Waals surface area contributed by atoms with E-state index in [-0.39, 0.29) is 11.4 Å². The molecule has 0 spiro atoms. The smallest absolute Gasteiger partial charge is 0.333 e.